The number of aliphatic carboxylic acids is 1. The zero-order valence-electron chi connectivity index (χ0n) is 8.76. The van der Waals surface area contributed by atoms with Crippen molar-refractivity contribution in [2.75, 3.05) is 13.1 Å². The molecule has 0 bridgehead atoms. The van der Waals surface area contributed by atoms with Crippen LogP contribution in [0.5, 0.6) is 0 Å². The predicted octanol–water partition coefficient (Wildman–Crippen LogP) is 1.68. The highest BCUT2D eigenvalue weighted by Gasteiger charge is 2.28. The minimum atomic E-state index is -0.953. The van der Waals surface area contributed by atoms with E-state index in [0.717, 1.165) is 12.8 Å². The molecule has 1 aromatic rings. The summed E-state index contributed by atoms with van der Waals surface area (Å²) in [7, 11) is 0. The number of carbonyl (C=O) groups is 2. The third-order valence-corrected chi connectivity index (χ3v) is 3.38. The van der Waals surface area contributed by atoms with E-state index >= 15 is 0 Å². The number of carboxylic acids is 1. The van der Waals surface area contributed by atoms with E-state index in [9.17, 15) is 9.59 Å². The summed E-state index contributed by atoms with van der Waals surface area (Å²) in [5, 5.41) is 10.6. The van der Waals surface area contributed by atoms with E-state index in [0.29, 0.717) is 17.3 Å². The van der Waals surface area contributed by atoms with Crippen molar-refractivity contribution in [1.82, 2.24) is 4.90 Å². The highest BCUT2D eigenvalue weighted by atomic mass is 32.1. The van der Waals surface area contributed by atoms with Crippen LogP contribution in [0.2, 0.25) is 0 Å². The summed E-state index contributed by atoms with van der Waals surface area (Å²) in [6.07, 6.45) is 2.21. The first-order valence-corrected chi connectivity index (χ1v) is 6.09. The van der Waals surface area contributed by atoms with Gasteiger partial charge in [-0.05, 0) is 30.2 Å². The number of carbonyl (C=O) groups excluding carboxylic acids is 1. The number of amides is 1. The Bertz CT molecular complexity index is 384. The van der Waals surface area contributed by atoms with Gasteiger partial charge < -0.3 is 10.0 Å². The van der Waals surface area contributed by atoms with Crippen LogP contribution in [0.4, 0.5) is 0 Å². The van der Waals surface area contributed by atoms with Gasteiger partial charge in [-0.3, -0.25) is 9.59 Å². The SMILES string of the molecule is O=C(O)CN(CC1CC1)C(=O)c1cccs1. The molecule has 16 heavy (non-hydrogen) atoms. The molecule has 4 nitrogen and oxygen atoms in total. The van der Waals surface area contributed by atoms with Crippen molar-refractivity contribution < 1.29 is 14.7 Å². The Balaban J connectivity index is 2.04. The third-order valence-electron chi connectivity index (χ3n) is 2.52. The van der Waals surface area contributed by atoms with Gasteiger partial charge in [0.2, 0.25) is 0 Å². The topological polar surface area (TPSA) is 57.6 Å². The average molecular weight is 239 g/mol. The molecule has 1 aliphatic rings. The van der Waals surface area contributed by atoms with Gasteiger partial charge in [-0.1, -0.05) is 6.07 Å². The molecule has 0 saturated heterocycles. The van der Waals surface area contributed by atoms with Gasteiger partial charge in [-0.2, -0.15) is 0 Å². The molecule has 0 unspecified atom stereocenters. The van der Waals surface area contributed by atoms with Gasteiger partial charge in [0.25, 0.3) is 5.91 Å². The lowest BCUT2D eigenvalue weighted by atomic mass is 10.3. The maximum absolute atomic E-state index is 12.0. The largest absolute Gasteiger partial charge is 0.480 e. The van der Waals surface area contributed by atoms with Crippen LogP contribution in [-0.2, 0) is 4.79 Å². The average Bonchev–Trinajstić information content (AvgIpc) is 2.88. The fraction of sp³-hybridized carbons (Fsp3) is 0.455. The second kappa shape index (κ2) is 4.65. The molecule has 1 aliphatic carbocycles. The third kappa shape index (κ3) is 2.82. The molecular weight excluding hydrogens is 226 g/mol. The Hall–Kier alpha value is -1.36. The van der Waals surface area contributed by atoms with Crippen LogP contribution < -0.4 is 0 Å². The van der Waals surface area contributed by atoms with Crippen molar-refractivity contribution in [1.29, 1.82) is 0 Å². The van der Waals surface area contributed by atoms with Gasteiger partial charge in [0.05, 0.1) is 4.88 Å². The summed E-state index contributed by atoms with van der Waals surface area (Å²) >= 11 is 1.35. The smallest absolute Gasteiger partial charge is 0.323 e. The van der Waals surface area contributed by atoms with E-state index in [1.807, 2.05) is 5.38 Å². The Labute approximate surface area is 97.5 Å². The molecule has 86 valence electrons. The molecule has 0 aliphatic heterocycles. The monoisotopic (exact) mass is 239 g/mol. The van der Waals surface area contributed by atoms with Crippen molar-refractivity contribution in [3.63, 3.8) is 0 Å². The zero-order valence-corrected chi connectivity index (χ0v) is 9.57. The number of carboxylic acid groups (broad SMARTS) is 1. The molecule has 1 amide bonds. The summed E-state index contributed by atoms with van der Waals surface area (Å²) in [4.78, 5) is 24.7. The first-order valence-electron chi connectivity index (χ1n) is 5.21. The minimum absolute atomic E-state index is 0.163. The number of hydrogen-bond acceptors (Lipinski definition) is 3. The molecule has 1 heterocycles. The van der Waals surface area contributed by atoms with Crippen molar-refractivity contribution >= 4 is 23.2 Å². The van der Waals surface area contributed by atoms with Gasteiger partial charge in [-0.15, -0.1) is 11.3 Å². The molecule has 0 radical (unpaired) electrons. The van der Waals surface area contributed by atoms with Crippen molar-refractivity contribution in [2.45, 2.75) is 12.8 Å². The standard InChI is InChI=1S/C11H13NO3S/c13-10(14)7-12(6-8-3-4-8)11(15)9-2-1-5-16-9/h1-2,5,8H,3-4,6-7H2,(H,13,14). The normalized spacial score (nSPS) is 14.8. The van der Waals surface area contributed by atoms with Crippen molar-refractivity contribution in [3.05, 3.63) is 22.4 Å². The first kappa shape index (κ1) is 11.1. The molecule has 0 aromatic carbocycles. The second-order valence-corrected chi connectivity index (χ2v) is 4.95. The fourth-order valence-electron chi connectivity index (χ4n) is 1.55. The van der Waals surface area contributed by atoms with Crippen molar-refractivity contribution in [3.8, 4) is 0 Å². The first-order chi connectivity index (χ1) is 7.66. The number of thiophene rings is 1. The molecule has 1 aromatic heterocycles. The molecule has 0 spiro atoms. The molecule has 5 heteroatoms. The molecular formula is C11H13NO3S. The summed E-state index contributed by atoms with van der Waals surface area (Å²) in [5.41, 5.74) is 0. The lowest BCUT2D eigenvalue weighted by molar-refractivity contribution is -0.137. The van der Waals surface area contributed by atoms with E-state index in [2.05, 4.69) is 0 Å². The van der Waals surface area contributed by atoms with Crippen LogP contribution in [0.1, 0.15) is 22.5 Å². The minimum Gasteiger partial charge on any atom is -0.480 e. The van der Waals surface area contributed by atoms with Crippen LogP contribution in [0.3, 0.4) is 0 Å². The Kier molecular flexibility index (Phi) is 3.24. The van der Waals surface area contributed by atoms with Gasteiger partial charge in [0.1, 0.15) is 6.54 Å². The van der Waals surface area contributed by atoms with Crippen molar-refractivity contribution in [2.24, 2.45) is 5.92 Å². The van der Waals surface area contributed by atoms with E-state index in [1.54, 1.807) is 12.1 Å². The van der Waals surface area contributed by atoms with Crippen LogP contribution in [0.25, 0.3) is 0 Å². The molecule has 0 atom stereocenters. The van der Waals surface area contributed by atoms with E-state index in [-0.39, 0.29) is 12.5 Å². The maximum atomic E-state index is 12.0. The number of nitrogens with zero attached hydrogens (tertiary/aromatic N) is 1. The van der Waals surface area contributed by atoms with Gasteiger partial charge in [0.15, 0.2) is 0 Å². The highest BCUT2D eigenvalue weighted by molar-refractivity contribution is 7.12. The van der Waals surface area contributed by atoms with Crippen LogP contribution in [0, 0.1) is 5.92 Å². The molecule has 1 fully saturated rings. The van der Waals surface area contributed by atoms with E-state index in [4.69, 9.17) is 5.11 Å². The van der Waals surface area contributed by atoms with Gasteiger partial charge >= 0.3 is 5.97 Å². The number of hydrogen-bond donors (Lipinski definition) is 1. The van der Waals surface area contributed by atoms with Gasteiger partial charge in [0, 0.05) is 6.54 Å². The van der Waals surface area contributed by atoms with Gasteiger partial charge in [-0.25, -0.2) is 0 Å². The number of rotatable bonds is 5. The lowest BCUT2D eigenvalue weighted by Gasteiger charge is -2.19. The fourth-order valence-corrected chi connectivity index (χ4v) is 2.24. The quantitative estimate of drug-likeness (QED) is 0.850. The highest BCUT2D eigenvalue weighted by Crippen LogP contribution is 2.30. The Morgan fingerprint density at radius 2 is 2.25 bits per heavy atom. The zero-order chi connectivity index (χ0) is 11.5. The molecule has 2 rings (SSSR count). The second-order valence-electron chi connectivity index (χ2n) is 4.00. The Morgan fingerprint density at radius 1 is 1.50 bits per heavy atom. The summed E-state index contributed by atoms with van der Waals surface area (Å²) < 4.78 is 0. The molecule has 1 saturated carbocycles. The van der Waals surface area contributed by atoms with E-state index in [1.165, 1.54) is 16.2 Å². The van der Waals surface area contributed by atoms with Crippen LogP contribution in [0.15, 0.2) is 17.5 Å². The predicted molar refractivity (Wildman–Crippen MR) is 60.6 cm³/mol. The van der Waals surface area contributed by atoms with Crippen LogP contribution in [-0.4, -0.2) is 35.0 Å². The summed E-state index contributed by atoms with van der Waals surface area (Å²) in [6, 6.07) is 3.53. The summed E-state index contributed by atoms with van der Waals surface area (Å²) in [6.45, 7) is 0.371. The lowest BCUT2D eigenvalue weighted by Crippen LogP contribution is -2.36. The maximum Gasteiger partial charge on any atom is 0.323 e. The Morgan fingerprint density at radius 3 is 2.75 bits per heavy atom. The molecule has 1 N–H and O–H groups in total. The van der Waals surface area contributed by atoms with E-state index < -0.39 is 5.97 Å². The van der Waals surface area contributed by atoms with Crippen LogP contribution >= 0.6 is 11.3 Å². The summed E-state index contributed by atoms with van der Waals surface area (Å²) in [5.74, 6) is -0.613.